The highest BCUT2D eigenvalue weighted by Crippen LogP contribution is 2.34. The van der Waals surface area contributed by atoms with E-state index in [0.717, 1.165) is 4.90 Å². The molecular formula is C20H21NO6S. The monoisotopic (exact) mass is 403 g/mol. The topological polar surface area (TPSA) is 83.1 Å². The number of rotatable bonds is 7. The van der Waals surface area contributed by atoms with Crippen LogP contribution in [0.5, 0.6) is 17.2 Å². The normalized spacial score (nSPS) is 13.4. The number of esters is 1. The number of fused-ring (bicyclic) bond motifs is 1. The van der Waals surface area contributed by atoms with Crippen molar-refractivity contribution in [1.29, 1.82) is 0 Å². The number of methoxy groups -OCH3 is 1. The molecule has 2 aromatic carbocycles. The minimum absolute atomic E-state index is 0.0831. The molecule has 1 amide bonds. The molecule has 1 heterocycles. The molecule has 7 nitrogen and oxygen atoms in total. The molecule has 0 bridgehead atoms. The Bertz CT molecular complexity index is 839. The highest BCUT2D eigenvalue weighted by Gasteiger charge is 2.19. The van der Waals surface area contributed by atoms with Gasteiger partial charge in [0.25, 0.3) is 5.91 Å². The predicted molar refractivity (Wildman–Crippen MR) is 105 cm³/mol. The Hall–Kier alpha value is -2.87. The lowest BCUT2D eigenvalue weighted by atomic mass is 10.3. The van der Waals surface area contributed by atoms with Crippen LogP contribution in [0.15, 0.2) is 47.4 Å². The van der Waals surface area contributed by atoms with Crippen molar-refractivity contribution in [2.45, 2.75) is 17.9 Å². The maximum Gasteiger partial charge on any atom is 0.317 e. The molecule has 1 aliphatic heterocycles. The summed E-state index contributed by atoms with van der Waals surface area (Å²) in [6, 6.07) is 12.4. The van der Waals surface area contributed by atoms with Gasteiger partial charge >= 0.3 is 5.97 Å². The number of ether oxygens (including phenoxy) is 4. The van der Waals surface area contributed by atoms with Gasteiger partial charge in [-0.05, 0) is 49.4 Å². The highest BCUT2D eigenvalue weighted by atomic mass is 32.2. The van der Waals surface area contributed by atoms with Crippen molar-refractivity contribution in [2.24, 2.45) is 0 Å². The smallest absolute Gasteiger partial charge is 0.317 e. The van der Waals surface area contributed by atoms with Crippen molar-refractivity contribution < 1.29 is 28.5 Å². The number of carbonyl (C=O) groups excluding carboxylic acids is 2. The highest BCUT2D eigenvalue weighted by molar-refractivity contribution is 8.00. The number of hydrogen-bond donors (Lipinski definition) is 1. The van der Waals surface area contributed by atoms with Crippen molar-refractivity contribution in [3.8, 4) is 17.2 Å². The van der Waals surface area contributed by atoms with E-state index in [9.17, 15) is 9.59 Å². The average Bonchev–Trinajstić information content (AvgIpc) is 2.72. The van der Waals surface area contributed by atoms with Gasteiger partial charge in [0.05, 0.1) is 12.9 Å². The molecule has 1 unspecified atom stereocenters. The minimum atomic E-state index is -0.907. The van der Waals surface area contributed by atoms with E-state index in [1.165, 1.54) is 18.7 Å². The first-order valence-corrected chi connectivity index (χ1v) is 9.70. The third kappa shape index (κ3) is 5.32. The van der Waals surface area contributed by atoms with Gasteiger partial charge in [-0.25, -0.2) is 0 Å². The van der Waals surface area contributed by atoms with Gasteiger partial charge < -0.3 is 24.3 Å². The van der Waals surface area contributed by atoms with Gasteiger partial charge in [-0.1, -0.05) is 0 Å². The predicted octanol–water partition coefficient (Wildman–Crippen LogP) is 3.13. The number of nitrogens with one attached hydrogen (secondary N) is 1. The largest absolute Gasteiger partial charge is 0.497 e. The Morgan fingerprint density at radius 2 is 1.82 bits per heavy atom. The Kier molecular flexibility index (Phi) is 6.65. The Labute approximate surface area is 167 Å². The van der Waals surface area contributed by atoms with Gasteiger partial charge in [0.15, 0.2) is 17.6 Å². The van der Waals surface area contributed by atoms with Gasteiger partial charge in [0.2, 0.25) is 0 Å². The minimum Gasteiger partial charge on any atom is -0.497 e. The van der Waals surface area contributed by atoms with Crippen LogP contribution in [0.25, 0.3) is 0 Å². The maximum absolute atomic E-state index is 12.2. The fourth-order valence-corrected chi connectivity index (χ4v) is 3.17. The van der Waals surface area contributed by atoms with Crippen LogP contribution in [-0.4, -0.2) is 44.1 Å². The average molecular weight is 403 g/mol. The number of carbonyl (C=O) groups is 2. The molecule has 2 aromatic rings. The van der Waals surface area contributed by atoms with Gasteiger partial charge in [0, 0.05) is 10.6 Å². The van der Waals surface area contributed by atoms with Crippen molar-refractivity contribution in [3.63, 3.8) is 0 Å². The summed E-state index contributed by atoms with van der Waals surface area (Å²) in [5.41, 5.74) is 0.597. The lowest BCUT2D eigenvalue weighted by Crippen LogP contribution is -2.30. The van der Waals surface area contributed by atoms with E-state index in [4.69, 9.17) is 18.9 Å². The fourth-order valence-electron chi connectivity index (χ4n) is 2.46. The molecule has 1 atom stereocenters. The first kappa shape index (κ1) is 19.9. The molecule has 1 aliphatic rings. The number of amides is 1. The molecule has 0 aromatic heterocycles. The SMILES string of the molecule is COc1ccc(NC(=O)C(C)OC(=O)CSc2ccc3c(c2)OCCO3)cc1. The van der Waals surface area contributed by atoms with Crippen LogP contribution in [0, 0.1) is 0 Å². The van der Waals surface area contributed by atoms with Crippen LogP contribution < -0.4 is 19.5 Å². The summed E-state index contributed by atoms with van der Waals surface area (Å²) in [4.78, 5) is 25.1. The number of benzene rings is 2. The van der Waals surface area contributed by atoms with E-state index in [2.05, 4.69) is 5.32 Å². The third-order valence-corrected chi connectivity index (χ3v) is 4.87. The number of anilines is 1. The molecule has 0 aliphatic carbocycles. The summed E-state index contributed by atoms with van der Waals surface area (Å²) in [6.45, 7) is 2.57. The number of hydrogen-bond acceptors (Lipinski definition) is 7. The molecule has 0 saturated heterocycles. The Morgan fingerprint density at radius 3 is 2.54 bits per heavy atom. The van der Waals surface area contributed by atoms with Gasteiger partial charge in [0.1, 0.15) is 19.0 Å². The summed E-state index contributed by atoms with van der Waals surface area (Å²) in [5.74, 6) is 1.26. The quantitative estimate of drug-likeness (QED) is 0.562. The van der Waals surface area contributed by atoms with E-state index >= 15 is 0 Å². The summed E-state index contributed by atoms with van der Waals surface area (Å²) in [5, 5.41) is 2.70. The summed E-state index contributed by atoms with van der Waals surface area (Å²) in [7, 11) is 1.57. The lowest BCUT2D eigenvalue weighted by molar-refractivity contribution is -0.150. The molecule has 0 fully saturated rings. The van der Waals surface area contributed by atoms with Crippen molar-refractivity contribution >= 4 is 29.3 Å². The van der Waals surface area contributed by atoms with Crippen LogP contribution in [0.3, 0.4) is 0 Å². The second kappa shape index (κ2) is 9.36. The van der Waals surface area contributed by atoms with Crippen molar-refractivity contribution in [3.05, 3.63) is 42.5 Å². The zero-order valence-electron chi connectivity index (χ0n) is 15.6. The number of thioether (sulfide) groups is 1. The summed E-state index contributed by atoms with van der Waals surface area (Å²) >= 11 is 1.31. The van der Waals surface area contributed by atoms with Crippen LogP contribution >= 0.6 is 11.8 Å². The standard InChI is InChI=1S/C20H21NO6S/c1-13(20(23)21-14-3-5-15(24-2)6-4-14)27-19(22)12-28-16-7-8-17-18(11-16)26-10-9-25-17/h3-8,11,13H,9-10,12H2,1-2H3,(H,21,23). The lowest BCUT2D eigenvalue weighted by Gasteiger charge is -2.18. The van der Waals surface area contributed by atoms with E-state index in [-0.39, 0.29) is 5.75 Å². The second-order valence-electron chi connectivity index (χ2n) is 5.94. The van der Waals surface area contributed by atoms with Gasteiger partial charge in [-0.15, -0.1) is 11.8 Å². The van der Waals surface area contributed by atoms with Gasteiger partial charge in [-0.2, -0.15) is 0 Å². The van der Waals surface area contributed by atoms with E-state index in [1.54, 1.807) is 31.4 Å². The Morgan fingerprint density at radius 1 is 1.11 bits per heavy atom. The first-order valence-electron chi connectivity index (χ1n) is 8.72. The molecule has 0 saturated carbocycles. The molecule has 8 heteroatoms. The zero-order valence-corrected chi connectivity index (χ0v) is 16.4. The first-order chi connectivity index (χ1) is 13.5. The second-order valence-corrected chi connectivity index (χ2v) is 6.99. The molecule has 148 valence electrons. The molecular weight excluding hydrogens is 382 g/mol. The van der Waals surface area contributed by atoms with Crippen molar-refractivity contribution in [2.75, 3.05) is 31.4 Å². The van der Waals surface area contributed by atoms with Gasteiger partial charge in [-0.3, -0.25) is 9.59 Å². The molecule has 3 rings (SSSR count). The van der Waals surface area contributed by atoms with Crippen LogP contribution in [-0.2, 0) is 14.3 Å². The fraction of sp³-hybridized carbons (Fsp3) is 0.300. The molecule has 1 N–H and O–H groups in total. The summed E-state index contributed by atoms with van der Waals surface area (Å²) in [6.07, 6.45) is -0.907. The van der Waals surface area contributed by atoms with Crippen LogP contribution in [0.2, 0.25) is 0 Å². The third-order valence-electron chi connectivity index (χ3n) is 3.91. The molecule has 0 radical (unpaired) electrons. The molecule has 0 spiro atoms. The van der Waals surface area contributed by atoms with E-state index in [1.807, 2.05) is 18.2 Å². The zero-order chi connectivity index (χ0) is 19.9. The maximum atomic E-state index is 12.2. The Balaban J connectivity index is 1.46. The van der Waals surface area contributed by atoms with Crippen molar-refractivity contribution in [1.82, 2.24) is 0 Å². The van der Waals surface area contributed by atoms with Crippen LogP contribution in [0.1, 0.15) is 6.92 Å². The van der Waals surface area contributed by atoms with E-state index in [0.29, 0.717) is 36.1 Å². The summed E-state index contributed by atoms with van der Waals surface area (Å²) < 4.78 is 21.3. The van der Waals surface area contributed by atoms with Crippen LogP contribution in [0.4, 0.5) is 5.69 Å². The van der Waals surface area contributed by atoms with E-state index < -0.39 is 18.0 Å². The molecule has 28 heavy (non-hydrogen) atoms.